The lowest BCUT2D eigenvalue weighted by molar-refractivity contribution is 0.667. The number of fused-ring (bicyclic) bond motifs is 7. The number of hydrogen-bond donors (Lipinski definition) is 0. The molecule has 0 unspecified atom stereocenters. The highest BCUT2D eigenvalue weighted by Crippen LogP contribution is 2.46. The fourth-order valence-electron chi connectivity index (χ4n) is 7.62. The molecule has 0 fully saturated rings. The van der Waals surface area contributed by atoms with Gasteiger partial charge in [-0.2, -0.15) is 0 Å². The average molecular weight is 630 g/mol. The number of anilines is 2. The molecule has 0 bridgehead atoms. The Morgan fingerprint density at radius 1 is 0.469 bits per heavy atom. The Hall–Kier alpha value is -6.32. The first-order valence-electron chi connectivity index (χ1n) is 16.9. The number of rotatable bonds is 5. The lowest BCUT2D eigenvalue weighted by Gasteiger charge is -2.30. The first-order valence-corrected chi connectivity index (χ1v) is 16.9. The first-order chi connectivity index (χ1) is 24.3. The summed E-state index contributed by atoms with van der Waals surface area (Å²) in [5.74, 6) is 0. The Bertz CT molecular complexity index is 2760. The van der Waals surface area contributed by atoms with E-state index in [1.165, 1.54) is 27.6 Å². The van der Waals surface area contributed by atoms with E-state index < -0.39 is 0 Å². The van der Waals surface area contributed by atoms with Crippen molar-refractivity contribution >= 4 is 71.6 Å². The molecule has 0 aliphatic heterocycles. The minimum atomic E-state index is 0.861. The van der Waals surface area contributed by atoms with Crippen LogP contribution in [0.3, 0.4) is 0 Å². The van der Waals surface area contributed by atoms with Crippen molar-refractivity contribution in [1.29, 1.82) is 0 Å². The van der Waals surface area contributed by atoms with Crippen LogP contribution < -0.4 is 4.90 Å². The van der Waals surface area contributed by atoms with E-state index in [2.05, 4.69) is 163 Å². The maximum atomic E-state index is 6.77. The third-order valence-electron chi connectivity index (χ3n) is 9.95. The molecule has 2 heterocycles. The topological polar surface area (TPSA) is 29.5 Å². The molecule has 7 aromatic carbocycles. The number of benzene rings is 7. The Balaban J connectivity index is 1.25. The zero-order valence-electron chi connectivity index (χ0n) is 26.8. The Kier molecular flexibility index (Phi) is 6.31. The summed E-state index contributed by atoms with van der Waals surface area (Å²) < 4.78 is 13.4. The quantitative estimate of drug-likeness (QED) is 0.190. The lowest BCUT2D eigenvalue weighted by atomic mass is 9.94. The van der Waals surface area contributed by atoms with Gasteiger partial charge in [-0.1, -0.05) is 121 Å². The molecule has 0 radical (unpaired) electrons. The van der Waals surface area contributed by atoms with Crippen molar-refractivity contribution in [3.05, 3.63) is 175 Å². The van der Waals surface area contributed by atoms with Crippen LogP contribution in [-0.4, -0.2) is 0 Å². The largest absolute Gasteiger partial charge is 0.456 e. The molecule has 0 N–H and O–H groups in total. The van der Waals surface area contributed by atoms with Crippen molar-refractivity contribution in [1.82, 2.24) is 0 Å². The van der Waals surface area contributed by atoms with Crippen LogP contribution in [0.5, 0.6) is 0 Å². The Labute approximate surface area is 283 Å². The van der Waals surface area contributed by atoms with Crippen LogP contribution in [0.1, 0.15) is 18.4 Å². The molecule has 0 spiro atoms. The van der Waals surface area contributed by atoms with Crippen molar-refractivity contribution in [3.8, 4) is 11.1 Å². The molecule has 1 aliphatic carbocycles. The lowest BCUT2D eigenvalue weighted by Crippen LogP contribution is -2.18. The van der Waals surface area contributed by atoms with Crippen LogP contribution in [0, 0.1) is 0 Å². The monoisotopic (exact) mass is 629 g/mol. The molecule has 0 amide bonds. The van der Waals surface area contributed by atoms with Gasteiger partial charge in [0.05, 0.1) is 11.4 Å². The van der Waals surface area contributed by atoms with Gasteiger partial charge >= 0.3 is 0 Å². The number of para-hydroxylation sites is 2. The molecule has 0 atom stereocenters. The number of hydrogen-bond acceptors (Lipinski definition) is 3. The first kappa shape index (κ1) is 27.8. The summed E-state index contributed by atoms with van der Waals surface area (Å²) >= 11 is 0. The highest BCUT2D eigenvalue weighted by molar-refractivity contribution is 6.17. The highest BCUT2D eigenvalue weighted by Gasteiger charge is 2.25. The van der Waals surface area contributed by atoms with Crippen LogP contribution in [0.25, 0.3) is 71.3 Å². The van der Waals surface area contributed by atoms with Crippen LogP contribution in [0.2, 0.25) is 0 Å². The smallest absolute Gasteiger partial charge is 0.159 e. The van der Waals surface area contributed by atoms with Crippen molar-refractivity contribution in [3.63, 3.8) is 0 Å². The number of allylic oxidation sites excluding steroid dienone is 4. The van der Waals surface area contributed by atoms with E-state index in [9.17, 15) is 0 Å². The molecule has 1 aliphatic rings. The zero-order valence-corrected chi connectivity index (χ0v) is 26.8. The van der Waals surface area contributed by atoms with Gasteiger partial charge in [0.2, 0.25) is 0 Å². The third kappa shape index (κ3) is 4.58. The fourth-order valence-corrected chi connectivity index (χ4v) is 7.62. The molecule has 10 rings (SSSR count). The maximum absolute atomic E-state index is 6.77. The van der Waals surface area contributed by atoms with E-state index in [1.54, 1.807) is 0 Å². The second-order valence-corrected chi connectivity index (χ2v) is 12.8. The van der Waals surface area contributed by atoms with Gasteiger partial charge in [0, 0.05) is 33.3 Å². The highest BCUT2D eigenvalue weighted by atomic mass is 16.3. The average Bonchev–Trinajstić information content (AvgIpc) is 3.73. The standard InChI is InChI=1S/C46H31NO2/c1-3-12-30(13-4-1)31-22-24-35(25-23-31)47(41-20-11-19-38-37-18-9-10-21-42(37)49-46(38)41)36-28-39(32-14-5-2-6-15-32)45-40-26-33-16-7-8-17-34(33)27-43(40)48-44(45)29-36/h1-22,24,26-29H,23,25H2. The van der Waals surface area contributed by atoms with Crippen LogP contribution in [0.4, 0.5) is 11.4 Å². The molecule has 0 saturated carbocycles. The SMILES string of the molecule is C1=C(c2ccccc2)CCC(N(c2cc(-c3ccccc3)c3c(c2)oc2cc4ccccc4cc23)c2cccc3c2oc2ccccc23)=C1. The second-order valence-electron chi connectivity index (χ2n) is 12.8. The molecular weight excluding hydrogens is 599 g/mol. The summed E-state index contributed by atoms with van der Waals surface area (Å²) in [6, 6.07) is 53.6. The van der Waals surface area contributed by atoms with Crippen LogP contribution in [-0.2, 0) is 0 Å². The summed E-state index contributed by atoms with van der Waals surface area (Å²) in [6.45, 7) is 0. The second kappa shape index (κ2) is 11.1. The van der Waals surface area contributed by atoms with E-state index >= 15 is 0 Å². The van der Waals surface area contributed by atoms with E-state index in [4.69, 9.17) is 8.83 Å². The molecule has 49 heavy (non-hydrogen) atoms. The minimum absolute atomic E-state index is 0.861. The van der Waals surface area contributed by atoms with Crippen molar-refractivity contribution in [2.24, 2.45) is 0 Å². The summed E-state index contributed by atoms with van der Waals surface area (Å²) in [4.78, 5) is 2.39. The number of nitrogens with zero attached hydrogens (tertiary/aromatic N) is 1. The third-order valence-corrected chi connectivity index (χ3v) is 9.95. The molecule has 232 valence electrons. The molecule has 3 nitrogen and oxygen atoms in total. The van der Waals surface area contributed by atoms with Crippen molar-refractivity contribution in [2.75, 3.05) is 4.90 Å². The summed E-state index contributed by atoms with van der Waals surface area (Å²) in [5, 5.41) is 6.84. The predicted molar refractivity (Wildman–Crippen MR) is 204 cm³/mol. The van der Waals surface area contributed by atoms with E-state index in [1.807, 2.05) is 6.07 Å². The zero-order chi connectivity index (χ0) is 32.3. The van der Waals surface area contributed by atoms with E-state index in [0.717, 1.165) is 79.2 Å². The van der Waals surface area contributed by atoms with Gasteiger partial charge in [-0.05, 0) is 82.3 Å². The normalized spacial score (nSPS) is 13.4. The van der Waals surface area contributed by atoms with Crippen LogP contribution in [0.15, 0.2) is 178 Å². The maximum Gasteiger partial charge on any atom is 0.159 e. The van der Waals surface area contributed by atoms with Crippen molar-refractivity contribution in [2.45, 2.75) is 12.8 Å². The predicted octanol–water partition coefficient (Wildman–Crippen LogP) is 13.2. The Morgan fingerprint density at radius 3 is 1.98 bits per heavy atom. The van der Waals surface area contributed by atoms with E-state index in [0.29, 0.717) is 0 Å². The van der Waals surface area contributed by atoms with Gasteiger partial charge in [0.25, 0.3) is 0 Å². The molecule has 2 aromatic heterocycles. The van der Waals surface area contributed by atoms with Crippen molar-refractivity contribution < 1.29 is 8.83 Å². The van der Waals surface area contributed by atoms with Crippen LogP contribution >= 0.6 is 0 Å². The van der Waals surface area contributed by atoms with Gasteiger partial charge < -0.3 is 13.7 Å². The Morgan fingerprint density at radius 2 is 1.18 bits per heavy atom. The van der Waals surface area contributed by atoms with Gasteiger partial charge in [-0.15, -0.1) is 0 Å². The number of furan rings is 2. The fraction of sp³-hybridized carbons (Fsp3) is 0.0435. The van der Waals surface area contributed by atoms with Gasteiger partial charge in [0.1, 0.15) is 16.7 Å². The van der Waals surface area contributed by atoms with Gasteiger partial charge in [-0.25, -0.2) is 0 Å². The van der Waals surface area contributed by atoms with Gasteiger partial charge in [-0.3, -0.25) is 0 Å². The minimum Gasteiger partial charge on any atom is -0.456 e. The van der Waals surface area contributed by atoms with Gasteiger partial charge in [0.15, 0.2) is 5.58 Å². The molecule has 9 aromatic rings. The molecule has 3 heteroatoms. The summed E-state index contributed by atoms with van der Waals surface area (Å²) in [6.07, 6.45) is 6.38. The summed E-state index contributed by atoms with van der Waals surface area (Å²) in [7, 11) is 0. The van der Waals surface area contributed by atoms with E-state index in [-0.39, 0.29) is 0 Å². The molecular formula is C46H31NO2. The summed E-state index contributed by atoms with van der Waals surface area (Å²) in [5.41, 5.74) is 11.7. The molecule has 0 saturated heterocycles.